The molecule has 2 saturated heterocycles. The van der Waals surface area contributed by atoms with E-state index in [1.807, 2.05) is 18.2 Å². The highest BCUT2D eigenvalue weighted by atomic mass is 19.1. The van der Waals surface area contributed by atoms with Crippen LogP contribution in [0, 0.1) is 0 Å². The second-order valence-corrected chi connectivity index (χ2v) is 8.75. The first-order valence-electron chi connectivity index (χ1n) is 11.4. The molecule has 0 radical (unpaired) electrons. The zero-order chi connectivity index (χ0) is 23.2. The number of piperidine rings is 1. The number of likely N-dealkylation sites (tertiary alicyclic amines) is 1. The summed E-state index contributed by atoms with van der Waals surface area (Å²) >= 11 is 0. The number of halogens is 2. The molecule has 0 spiro atoms. The molecule has 4 aromatic rings. The van der Waals surface area contributed by atoms with E-state index in [1.165, 1.54) is 0 Å². The molecule has 6 rings (SSSR count). The number of alkyl halides is 2. The number of ether oxygens (including phenoxy) is 1. The van der Waals surface area contributed by atoms with Gasteiger partial charge in [0.1, 0.15) is 23.9 Å². The van der Waals surface area contributed by atoms with E-state index in [4.69, 9.17) is 10.5 Å². The normalized spacial score (nSPS) is 21.8. The molecule has 6 heterocycles. The average molecular weight is 470 g/mol. The lowest BCUT2D eigenvalue weighted by Gasteiger charge is -2.42. The predicted molar refractivity (Wildman–Crippen MR) is 123 cm³/mol. The Balaban J connectivity index is 1.26. The Kier molecular flexibility index (Phi) is 5.26. The number of pyridine rings is 1. The monoisotopic (exact) mass is 469 g/mol. The summed E-state index contributed by atoms with van der Waals surface area (Å²) in [6, 6.07) is 5.47. The Bertz CT molecular complexity index is 1330. The van der Waals surface area contributed by atoms with Gasteiger partial charge in [0.2, 0.25) is 5.95 Å². The molecule has 10 nitrogen and oxygen atoms in total. The maximum atomic E-state index is 14.9. The molecule has 0 saturated carbocycles. The maximum absolute atomic E-state index is 14.9. The summed E-state index contributed by atoms with van der Waals surface area (Å²) in [7, 11) is 0. The number of rotatable bonds is 6. The van der Waals surface area contributed by atoms with E-state index in [9.17, 15) is 8.78 Å². The Labute approximate surface area is 193 Å². The van der Waals surface area contributed by atoms with Crippen LogP contribution < -0.4 is 11.1 Å². The Morgan fingerprint density at radius 1 is 1.21 bits per heavy atom. The van der Waals surface area contributed by atoms with Crippen molar-refractivity contribution in [1.29, 1.82) is 0 Å². The molecule has 4 aromatic heterocycles. The lowest BCUT2D eigenvalue weighted by molar-refractivity contribution is -0.0794. The lowest BCUT2D eigenvalue weighted by atomic mass is 10.0. The van der Waals surface area contributed by atoms with Crippen molar-refractivity contribution in [3.63, 3.8) is 0 Å². The molecule has 12 heteroatoms. The number of hydrogen-bond acceptors (Lipinski definition) is 8. The first-order valence-corrected chi connectivity index (χ1v) is 11.4. The molecule has 0 bridgehead atoms. The minimum absolute atomic E-state index is 0.187. The lowest BCUT2D eigenvalue weighted by Crippen LogP contribution is -2.57. The Hall–Kier alpha value is -3.38. The van der Waals surface area contributed by atoms with Gasteiger partial charge >= 0.3 is 0 Å². The first-order chi connectivity index (χ1) is 16.6. The third kappa shape index (κ3) is 3.62. The fraction of sp³-hybridized carbons (Fsp3) is 0.455. The number of nitrogens with two attached hydrogens (primary N) is 1. The third-order valence-corrected chi connectivity index (χ3v) is 6.63. The summed E-state index contributed by atoms with van der Waals surface area (Å²) < 4.78 is 36.3. The second kappa shape index (κ2) is 8.44. The van der Waals surface area contributed by atoms with Crippen LogP contribution in [0.5, 0.6) is 0 Å². The molecule has 0 unspecified atom stereocenters. The van der Waals surface area contributed by atoms with Crippen molar-refractivity contribution < 1.29 is 13.5 Å². The van der Waals surface area contributed by atoms with E-state index in [-0.39, 0.29) is 24.4 Å². The van der Waals surface area contributed by atoms with Crippen LogP contribution in [0.4, 0.5) is 20.5 Å². The third-order valence-electron chi connectivity index (χ3n) is 6.63. The largest absolute Gasteiger partial charge is 0.382 e. The van der Waals surface area contributed by atoms with Gasteiger partial charge in [-0.05, 0) is 24.6 Å². The summed E-state index contributed by atoms with van der Waals surface area (Å²) in [5.74, 6) is 0.542. The summed E-state index contributed by atoms with van der Waals surface area (Å²) in [5.41, 5.74) is 9.61. The van der Waals surface area contributed by atoms with Gasteiger partial charge < -0.3 is 20.4 Å². The van der Waals surface area contributed by atoms with Crippen molar-refractivity contribution in [3.8, 4) is 11.3 Å². The number of aryl methyl sites for hydroxylation is 1. The van der Waals surface area contributed by atoms with Crippen LogP contribution in [0.1, 0.15) is 6.42 Å². The molecule has 0 aromatic carbocycles. The number of nitrogens with one attached hydrogen (secondary N) is 1. The van der Waals surface area contributed by atoms with E-state index in [1.54, 1.807) is 21.6 Å². The number of aromatic nitrogens is 6. The predicted octanol–water partition coefficient (Wildman–Crippen LogP) is 1.92. The van der Waals surface area contributed by atoms with Gasteiger partial charge in [-0.1, -0.05) is 0 Å². The van der Waals surface area contributed by atoms with E-state index in [0.29, 0.717) is 54.6 Å². The maximum Gasteiger partial charge on any atom is 0.243 e. The van der Waals surface area contributed by atoms with Crippen molar-refractivity contribution in [2.24, 2.45) is 0 Å². The highest BCUT2D eigenvalue weighted by molar-refractivity contribution is 5.88. The van der Waals surface area contributed by atoms with Crippen molar-refractivity contribution in [3.05, 3.63) is 30.7 Å². The number of nitrogen functional groups attached to an aromatic ring is 1. The average Bonchev–Trinajstić information content (AvgIpc) is 3.39. The smallest absolute Gasteiger partial charge is 0.243 e. The summed E-state index contributed by atoms with van der Waals surface area (Å²) in [6.45, 7) is 2.20. The molecule has 0 aliphatic carbocycles. The van der Waals surface area contributed by atoms with E-state index >= 15 is 0 Å². The summed E-state index contributed by atoms with van der Waals surface area (Å²) in [6.07, 6.45) is 2.95. The minimum atomic E-state index is -1.04. The van der Waals surface area contributed by atoms with Gasteiger partial charge in [-0.25, -0.2) is 23.3 Å². The van der Waals surface area contributed by atoms with Crippen molar-refractivity contribution in [2.45, 2.75) is 31.2 Å². The number of hydrogen-bond donors (Lipinski definition) is 2. The number of anilines is 2. The van der Waals surface area contributed by atoms with Crippen LogP contribution in [-0.2, 0) is 11.3 Å². The van der Waals surface area contributed by atoms with E-state index < -0.39 is 12.8 Å². The van der Waals surface area contributed by atoms with Crippen LogP contribution in [0.2, 0.25) is 0 Å². The second-order valence-electron chi connectivity index (χ2n) is 8.75. The van der Waals surface area contributed by atoms with Gasteiger partial charge in [0.25, 0.3) is 0 Å². The van der Waals surface area contributed by atoms with Gasteiger partial charge in [-0.2, -0.15) is 4.98 Å². The van der Waals surface area contributed by atoms with Gasteiger partial charge in [0.05, 0.1) is 43.9 Å². The topological polar surface area (TPSA) is 111 Å². The highest BCUT2D eigenvalue weighted by Gasteiger charge is 2.35. The quantitative estimate of drug-likeness (QED) is 0.441. The van der Waals surface area contributed by atoms with Crippen molar-refractivity contribution in [1.82, 2.24) is 34.0 Å². The van der Waals surface area contributed by atoms with Gasteiger partial charge in [-0.3, -0.25) is 4.90 Å². The van der Waals surface area contributed by atoms with Crippen LogP contribution in [0.15, 0.2) is 30.7 Å². The molecule has 2 aliphatic heterocycles. The molecule has 2 atom stereocenters. The molecule has 2 fully saturated rings. The van der Waals surface area contributed by atoms with Gasteiger partial charge in [0, 0.05) is 24.8 Å². The zero-order valence-electron chi connectivity index (χ0n) is 18.4. The molecule has 2 aliphatic rings. The van der Waals surface area contributed by atoms with Crippen molar-refractivity contribution in [2.75, 3.05) is 44.0 Å². The number of imidazole rings is 1. The first kappa shape index (κ1) is 21.2. The fourth-order valence-electron chi connectivity index (χ4n) is 4.69. The molecule has 0 amide bonds. The van der Waals surface area contributed by atoms with Crippen LogP contribution >= 0.6 is 0 Å². The van der Waals surface area contributed by atoms with Gasteiger partial charge in [-0.15, -0.1) is 5.10 Å². The highest BCUT2D eigenvalue weighted by Crippen LogP contribution is 2.29. The van der Waals surface area contributed by atoms with Gasteiger partial charge in [0.15, 0.2) is 11.5 Å². The number of nitrogens with zero attached hydrogens (tertiary/aromatic N) is 7. The Morgan fingerprint density at radius 3 is 2.85 bits per heavy atom. The van der Waals surface area contributed by atoms with Crippen molar-refractivity contribution >= 4 is 28.4 Å². The summed E-state index contributed by atoms with van der Waals surface area (Å²) in [4.78, 5) is 15.5. The van der Waals surface area contributed by atoms with E-state index in [0.717, 1.165) is 12.1 Å². The molecular formula is C22H25F2N9O. The molecular weight excluding hydrogens is 444 g/mol. The standard InChI is InChI=1S/C22H25F2N9O/c23-5-8-32-12-26-18-2-1-16(27-21(18)32)14-3-7-33-19(14)20(25)29-22(30-33)28-17-4-6-31(9-15(17)24)13-10-34-11-13/h1-3,7,12-13,15,17H,4-6,8-11H2,(H3,25,28,29,30)/t15-,17+/m1/s1. The zero-order valence-corrected chi connectivity index (χ0v) is 18.4. The summed E-state index contributed by atoms with van der Waals surface area (Å²) in [5, 5.41) is 7.64. The fourth-order valence-corrected chi connectivity index (χ4v) is 4.69. The van der Waals surface area contributed by atoms with E-state index in [2.05, 4.69) is 30.3 Å². The molecule has 178 valence electrons. The molecule has 34 heavy (non-hydrogen) atoms. The van der Waals surface area contributed by atoms with Crippen LogP contribution in [-0.4, -0.2) is 85.3 Å². The molecule has 3 N–H and O–H groups in total. The minimum Gasteiger partial charge on any atom is -0.382 e. The Morgan fingerprint density at radius 2 is 2.09 bits per heavy atom. The SMILES string of the molecule is Nc1nc(N[C@H]2CCN(C3COC3)C[C@H]2F)nn2ccc(-c3ccc4ncn(CCF)c4n3)c12. The van der Waals surface area contributed by atoms with Crippen LogP contribution in [0.25, 0.3) is 27.9 Å². The number of fused-ring (bicyclic) bond motifs is 2. The van der Waals surface area contributed by atoms with Crippen LogP contribution in [0.3, 0.4) is 0 Å².